The van der Waals surface area contributed by atoms with Crippen LogP contribution in [0, 0.1) is 0 Å². The van der Waals surface area contributed by atoms with Crippen LogP contribution in [0.25, 0.3) is 0 Å². The minimum Gasteiger partial charge on any atom is -0.476 e. The molecule has 19 heavy (non-hydrogen) atoms. The first-order valence-corrected chi connectivity index (χ1v) is 7.96. The highest BCUT2D eigenvalue weighted by atomic mass is 32.2. The van der Waals surface area contributed by atoms with Gasteiger partial charge in [-0.05, 0) is 25.4 Å². The van der Waals surface area contributed by atoms with E-state index < -0.39 is 12.0 Å². The Bertz CT molecular complexity index is 450. The van der Waals surface area contributed by atoms with Gasteiger partial charge in [0.05, 0.1) is 12.1 Å². The average Bonchev–Trinajstić information content (AvgIpc) is 2.85. The minimum absolute atomic E-state index is 0.00668. The summed E-state index contributed by atoms with van der Waals surface area (Å²) >= 11 is 2.84. The Labute approximate surface area is 119 Å². The zero-order valence-electron chi connectivity index (χ0n) is 10.8. The van der Waals surface area contributed by atoms with Gasteiger partial charge in [-0.15, -0.1) is 11.3 Å². The first-order chi connectivity index (χ1) is 8.95. The second-order valence-electron chi connectivity index (χ2n) is 3.99. The number of carboxylic acids is 1. The number of amides is 1. The fraction of sp³-hybridized carbons (Fsp3) is 0.545. The predicted octanol–water partition coefficient (Wildman–Crippen LogP) is 1.10. The van der Waals surface area contributed by atoms with Crippen molar-refractivity contribution in [1.29, 1.82) is 0 Å². The van der Waals surface area contributed by atoms with E-state index in [2.05, 4.69) is 10.3 Å². The van der Waals surface area contributed by atoms with Gasteiger partial charge in [0.15, 0.2) is 5.69 Å². The normalized spacial score (nSPS) is 13.8. The first kappa shape index (κ1) is 15.9. The highest BCUT2D eigenvalue weighted by Crippen LogP contribution is 2.18. The van der Waals surface area contributed by atoms with E-state index in [1.165, 1.54) is 16.7 Å². The molecular formula is C11H17N3O3S2. The molecule has 0 aliphatic carbocycles. The number of hydrogen-bond acceptors (Lipinski definition) is 6. The van der Waals surface area contributed by atoms with Crippen molar-refractivity contribution in [1.82, 2.24) is 10.3 Å². The molecule has 1 aromatic rings. The SMILES string of the molecule is CSCC[C@H](N)C(=O)NC(C)c1nc(C(=O)O)cs1. The molecule has 1 rings (SSSR count). The maximum absolute atomic E-state index is 11.8. The van der Waals surface area contributed by atoms with Crippen LogP contribution < -0.4 is 11.1 Å². The van der Waals surface area contributed by atoms with E-state index in [1.54, 1.807) is 18.7 Å². The lowest BCUT2D eigenvalue weighted by molar-refractivity contribution is -0.123. The second kappa shape index (κ2) is 7.46. The quantitative estimate of drug-likeness (QED) is 0.696. The molecule has 0 bridgehead atoms. The Balaban J connectivity index is 2.55. The van der Waals surface area contributed by atoms with Gasteiger partial charge in [0.2, 0.25) is 5.91 Å². The van der Waals surface area contributed by atoms with Crippen molar-refractivity contribution in [3.63, 3.8) is 0 Å². The number of hydrogen-bond donors (Lipinski definition) is 3. The predicted molar refractivity (Wildman–Crippen MR) is 76.6 cm³/mol. The molecule has 106 valence electrons. The van der Waals surface area contributed by atoms with Crippen LogP contribution in [0.5, 0.6) is 0 Å². The van der Waals surface area contributed by atoms with Crippen molar-refractivity contribution >= 4 is 35.0 Å². The number of rotatable bonds is 7. The van der Waals surface area contributed by atoms with E-state index in [0.717, 1.165) is 5.75 Å². The molecule has 0 saturated carbocycles. The van der Waals surface area contributed by atoms with Crippen LogP contribution in [-0.2, 0) is 4.79 Å². The molecule has 0 spiro atoms. The Morgan fingerprint density at radius 3 is 2.84 bits per heavy atom. The molecule has 4 N–H and O–H groups in total. The van der Waals surface area contributed by atoms with E-state index in [1.807, 2.05) is 6.26 Å². The number of carbonyl (C=O) groups is 2. The standard InChI is InChI=1S/C11H17N3O3S2/c1-6(10-14-8(5-19-10)11(16)17)13-9(15)7(12)3-4-18-2/h5-7H,3-4,12H2,1-2H3,(H,13,15)(H,16,17)/t6?,7-/m0/s1. The van der Waals surface area contributed by atoms with Crippen LogP contribution in [0.1, 0.15) is 34.9 Å². The van der Waals surface area contributed by atoms with Crippen molar-refractivity contribution in [3.05, 3.63) is 16.1 Å². The number of thioether (sulfide) groups is 1. The van der Waals surface area contributed by atoms with Gasteiger partial charge in [-0.3, -0.25) is 4.79 Å². The van der Waals surface area contributed by atoms with Crippen molar-refractivity contribution in [3.8, 4) is 0 Å². The first-order valence-electron chi connectivity index (χ1n) is 5.69. The lowest BCUT2D eigenvalue weighted by atomic mass is 10.2. The zero-order chi connectivity index (χ0) is 14.4. The summed E-state index contributed by atoms with van der Waals surface area (Å²) in [6, 6.07) is -0.889. The van der Waals surface area contributed by atoms with E-state index in [0.29, 0.717) is 11.4 Å². The van der Waals surface area contributed by atoms with Crippen LogP contribution in [0.2, 0.25) is 0 Å². The summed E-state index contributed by atoms with van der Waals surface area (Å²) in [5.74, 6) is -0.491. The number of nitrogens with two attached hydrogens (primary N) is 1. The van der Waals surface area contributed by atoms with Crippen LogP contribution in [0.15, 0.2) is 5.38 Å². The Kier molecular flexibility index (Phi) is 6.26. The molecule has 1 amide bonds. The number of carbonyl (C=O) groups excluding carboxylic acids is 1. The maximum atomic E-state index is 11.8. The lowest BCUT2D eigenvalue weighted by Crippen LogP contribution is -2.41. The highest BCUT2D eigenvalue weighted by molar-refractivity contribution is 7.98. The topological polar surface area (TPSA) is 105 Å². The van der Waals surface area contributed by atoms with Crippen LogP contribution in [-0.4, -0.2) is 40.0 Å². The fourth-order valence-corrected chi connectivity index (χ4v) is 2.63. The van der Waals surface area contributed by atoms with Crippen molar-refractivity contribution in [2.24, 2.45) is 5.73 Å². The summed E-state index contributed by atoms with van der Waals surface area (Å²) in [4.78, 5) is 26.5. The minimum atomic E-state index is -1.07. The second-order valence-corrected chi connectivity index (χ2v) is 5.87. The van der Waals surface area contributed by atoms with Gasteiger partial charge in [-0.1, -0.05) is 0 Å². The fourth-order valence-electron chi connectivity index (χ4n) is 1.34. The van der Waals surface area contributed by atoms with Gasteiger partial charge in [0, 0.05) is 5.38 Å². The summed E-state index contributed by atoms with van der Waals surface area (Å²) in [5.41, 5.74) is 5.74. The molecule has 1 heterocycles. The third-order valence-electron chi connectivity index (χ3n) is 2.44. The summed E-state index contributed by atoms with van der Waals surface area (Å²) in [6.45, 7) is 1.75. The van der Waals surface area contributed by atoms with E-state index in [4.69, 9.17) is 10.8 Å². The van der Waals surface area contributed by atoms with Gasteiger partial charge in [-0.25, -0.2) is 9.78 Å². The number of thiazole rings is 1. The smallest absolute Gasteiger partial charge is 0.355 e. The summed E-state index contributed by atoms with van der Waals surface area (Å²) in [5, 5.41) is 13.5. The number of aromatic carboxylic acids is 1. The lowest BCUT2D eigenvalue weighted by Gasteiger charge is -2.15. The monoisotopic (exact) mass is 303 g/mol. The van der Waals surface area contributed by atoms with Crippen LogP contribution in [0.4, 0.5) is 0 Å². The molecule has 1 aromatic heterocycles. The average molecular weight is 303 g/mol. The maximum Gasteiger partial charge on any atom is 0.355 e. The Morgan fingerprint density at radius 1 is 1.63 bits per heavy atom. The van der Waals surface area contributed by atoms with E-state index in [9.17, 15) is 9.59 Å². The van der Waals surface area contributed by atoms with Crippen LogP contribution >= 0.6 is 23.1 Å². The van der Waals surface area contributed by atoms with E-state index >= 15 is 0 Å². The molecule has 0 aliphatic rings. The third kappa shape index (κ3) is 4.81. The molecule has 0 saturated heterocycles. The number of aromatic nitrogens is 1. The van der Waals surface area contributed by atoms with Crippen molar-refractivity contribution < 1.29 is 14.7 Å². The molecule has 2 atom stereocenters. The summed E-state index contributed by atoms with van der Waals surface area (Å²) in [6.07, 6.45) is 2.56. The summed E-state index contributed by atoms with van der Waals surface area (Å²) < 4.78 is 0. The molecular weight excluding hydrogens is 286 g/mol. The van der Waals surface area contributed by atoms with Gasteiger partial charge in [0.1, 0.15) is 5.01 Å². The number of carboxylic acid groups (broad SMARTS) is 1. The Morgan fingerprint density at radius 2 is 2.32 bits per heavy atom. The van der Waals surface area contributed by atoms with Gasteiger partial charge in [-0.2, -0.15) is 11.8 Å². The van der Waals surface area contributed by atoms with E-state index in [-0.39, 0.29) is 17.6 Å². The molecule has 0 fully saturated rings. The number of nitrogens with zero attached hydrogens (tertiary/aromatic N) is 1. The molecule has 1 unspecified atom stereocenters. The van der Waals surface area contributed by atoms with Crippen molar-refractivity contribution in [2.45, 2.75) is 25.4 Å². The van der Waals surface area contributed by atoms with Gasteiger partial charge < -0.3 is 16.2 Å². The van der Waals surface area contributed by atoms with Crippen LogP contribution in [0.3, 0.4) is 0 Å². The molecule has 0 aromatic carbocycles. The largest absolute Gasteiger partial charge is 0.476 e. The molecule has 8 heteroatoms. The molecule has 0 radical (unpaired) electrons. The van der Waals surface area contributed by atoms with Gasteiger partial charge >= 0.3 is 5.97 Å². The van der Waals surface area contributed by atoms with Crippen molar-refractivity contribution in [2.75, 3.05) is 12.0 Å². The molecule has 6 nitrogen and oxygen atoms in total. The third-order valence-corrected chi connectivity index (χ3v) is 4.11. The number of nitrogens with one attached hydrogen (secondary N) is 1. The van der Waals surface area contributed by atoms with Gasteiger partial charge in [0.25, 0.3) is 0 Å². The Hall–Kier alpha value is -1.12. The zero-order valence-corrected chi connectivity index (χ0v) is 12.4. The highest BCUT2D eigenvalue weighted by Gasteiger charge is 2.19. The molecule has 0 aliphatic heterocycles. The summed E-state index contributed by atoms with van der Waals surface area (Å²) in [7, 11) is 0.